The minimum absolute atomic E-state index is 0.492. The molecule has 0 radical (unpaired) electrons. The van der Waals surface area contributed by atoms with E-state index in [0.717, 1.165) is 25.2 Å². The van der Waals surface area contributed by atoms with Gasteiger partial charge in [-0.3, -0.25) is 14.5 Å². The maximum Gasteiger partial charge on any atom is 0.313 e. The number of rotatable bonds is 4. The predicted octanol–water partition coefficient (Wildman–Crippen LogP) is 3.44. The van der Waals surface area contributed by atoms with Crippen molar-refractivity contribution in [2.45, 2.75) is 6.92 Å². The minimum Gasteiger partial charge on any atom is -0.332 e. The molecule has 1 saturated heterocycles. The predicted molar refractivity (Wildman–Crippen MR) is 113 cm³/mol. The van der Waals surface area contributed by atoms with E-state index in [1.165, 1.54) is 5.56 Å². The molecule has 0 atom stereocenters. The van der Waals surface area contributed by atoms with Crippen LogP contribution in [0.1, 0.15) is 11.1 Å². The Balaban J connectivity index is 1.46. The van der Waals surface area contributed by atoms with Crippen LogP contribution >= 0.6 is 11.6 Å². The maximum absolute atomic E-state index is 12.4. The van der Waals surface area contributed by atoms with Crippen molar-refractivity contribution in [1.29, 1.82) is 0 Å². The number of carbonyl (C=O) groups is 2. The SMILES string of the molecule is Cc1cc(Cl)ccc1NC(=O)C(=O)N1CCN(C/C=C/c2ccccc2)CC1. The topological polar surface area (TPSA) is 52.7 Å². The third-order valence-electron chi connectivity index (χ3n) is 4.76. The zero-order chi connectivity index (χ0) is 19.9. The van der Waals surface area contributed by atoms with Gasteiger partial charge in [-0.25, -0.2) is 0 Å². The molecule has 1 fully saturated rings. The van der Waals surface area contributed by atoms with Gasteiger partial charge >= 0.3 is 11.8 Å². The molecule has 0 saturated carbocycles. The van der Waals surface area contributed by atoms with Crippen LogP contribution in [-0.4, -0.2) is 54.3 Å². The van der Waals surface area contributed by atoms with Crippen LogP contribution in [-0.2, 0) is 9.59 Å². The first-order chi connectivity index (χ1) is 13.5. The largest absolute Gasteiger partial charge is 0.332 e. The number of hydrogen-bond donors (Lipinski definition) is 1. The van der Waals surface area contributed by atoms with Crippen molar-refractivity contribution in [3.05, 3.63) is 70.8 Å². The molecule has 6 heteroatoms. The lowest BCUT2D eigenvalue weighted by atomic mass is 10.2. The molecule has 0 spiro atoms. The van der Waals surface area contributed by atoms with Gasteiger partial charge in [-0.2, -0.15) is 0 Å². The van der Waals surface area contributed by atoms with Crippen LogP contribution in [0.15, 0.2) is 54.6 Å². The van der Waals surface area contributed by atoms with E-state index in [0.29, 0.717) is 23.8 Å². The number of halogens is 1. The molecule has 0 unspecified atom stereocenters. The quantitative estimate of drug-likeness (QED) is 0.804. The van der Waals surface area contributed by atoms with E-state index < -0.39 is 11.8 Å². The van der Waals surface area contributed by atoms with Crippen molar-refractivity contribution in [2.24, 2.45) is 0 Å². The number of hydrogen-bond acceptors (Lipinski definition) is 3. The Labute approximate surface area is 170 Å². The zero-order valence-electron chi connectivity index (χ0n) is 15.9. The van der Waals surface area contributed by atoms with E-state index >= 15 is 0 Å². The molecule has 1 aliphatic rings. The first-order valence-electron chi connectivity index (χ1n) is 9.33. The highest BCUT2D eigenvalue weighted by atomic mass is 35.5. The van der Waals surface area contributed by atoms with Gasteiger partial charge in [0.2, 0.25) is 0 Å². The number of amides is 2. The van der Waals surface area contributed by atoms with E-state index in [2.05, 4.69) is 34.5 Å². The van der Waals surface area contributed by atoms with E-state index in [-0.39, 0.29) is 0 Å². The van der Waals surface area contributed by atoms with Gasteiger partial charge in [-0.1, -0.05) is 54.1 Å². The van der Waals surface area contributed by atoms with Crippen molar-refractivity contribution in [1.82, 2.24) is 9.80 Å². The molecule has 3 rings (SSSR count). The fraction of sp³-hybridized carbons (Fsp3) is 0.273. The molecule has 0 aliphatic carbocycles. The Hall–Kier alpha value is -2.63. The van der Waals surface area contributed by atoms with E-state index in [4.69, 9.17) is 11.6 Å². The third kappa shape index (κ3) is 5.44. The molecule has 2 amide bonds. The van der Waals surface area contributed by atoms with Gasteiger partial charge in [0.05, 0.1) is 0 Å². The summed E-state index contributed by atoms with van der Waals surface area (Å²) in [7, 11) is 0. The van der Waals surface area contributed by atoms with Crippen LogP contribution in [0.4, 0.5) is 5.69 Å². The van der Waals surface area contributed by atoms with Gasteiger partial charge in [0.1, 0.15) is 0 Å². The van der Waals surface area contributed by atoms with Crippen LogP contribution in [0.5, 0.6) is 0 Å². The van der Waals surface area contributed by atoms with Crippen LogP contribution in [0.25, 0.3) is 6.08 Å². The molecule has 0 bridgehead atoms. The maximum atomic E-state index is 12.4. The first-order valence-corrected chi connectivity index (χ1v) is 9.71. The molecule has 1 aliphatic heterocycles. The average molecular weight is 398 g/mol. The Kier molecular flexibility index (Phi) is 6.85. The third-order valence-corrected chi connectivity index (χ3v) is 5.00. The van der Waals surface area contributed by atoms with Crippen molar-refractivity contribution >= 4 is 35.2 Å². The normalized spacial score (nSPS) is 15.0. The van der Waals surface area contributed by atoms with Gasteiger partial charge < -0.3 is 10.2 Å². The van der Waals surface area contributed by atoms with E-state index in [1.54, 1.807) is 23.1 Å². The summed E-state index contributed by atoms with van der Waals surface area (Å²) in [6.07, 6.45) is 4.22. The Morgan fingerprint density at radius 2 is 1.79 bits per heavy atom. The zero-order valence-corrected chi connectivity index (χ0v) is 16.7. The highest BCUT2D eigenvalue weighted by Crippen LogP contribution is 2.19. The second-order valence-electron chi connectivity index (χ2n) is 6.82. The summed E-state index contributed by atoms with van der Waals surface area (Å²) in [5.41, 5.74) is 2.60. The molecule has 146 valence electrons. The van der Waals surface area contributed by atoms with Gasteiger partial charge in [-0.05, 0) is 36.2 Å². The molecule has 5 nitrogen and oxygen atoms in total. The van der Waals surface area contributed by atoms with Crippen LogP contribution in [0, 0.1) is 6.92 Å². The monoisotopic (exact) mass is 397 g/mol. The number of aryl methyl sites for hydroxylation is 1. The summed E-state index contributed by atoms with van der Waals surface area (Å²) in [4.78, 5) is 28.6. The summed E-state index contributed by atoms with van der Waals surface area (Å²) in [5.74, 6) is -1.10. The Morgan fingerprint density at radius 1 is 1.07 bits per heavy atom. The molecular formula is C22H24ClN3O2. The van der Waals surface area contributed by atoms with Gasteiger partial charge in [0, 0.05) is 43.4 Å². The summed E-state index contributed by atoms with van der Waals surface area (Å²) in [6.45, 7) is 5.26. The van der Waals surface area contributed by atoms with Crippen molar-refractivity contribution in [2.75, 3.05) is 38.0 Å². The lowest BCUT2D eigenvalue weighted by Crippen LogP contribution is -2.51. The van der Waals surface area contributed by atoms with Gasteiger partial charge in [-0.15, -0.1) is 0 Å². The molecule has 28 heavy (non-hydrogen) atoms. The number of benzene rings is 2. The highest BCUT2D eigenvalue weighted by molar-refractivity contribution is 6.39. The summed E-state index contributed by atoms with van der Waals surface area (Å²) < 4.78 is 0. The number of piperazine rings is 1. The lowest BCUT2D eigenvalue weighted by molar-refractivity contribution is -0.144. The molecule has 1 heterocycles. The summed E-state index contributed by atoms with van der Waals surface area (Å²) in [5, 5.41) is 3.28. The van der Waals surface area contributed by atoms with Crippen LogP contribution < -0.4 is 5.32 Å². The Bertz CT molecular complexity index is 859. The fourth-order valence-electron chi connectivity index (χ4n) is 3.12. The summed E-state index contributed by atoms with van der Waals surface area (Å²) in [6, 6.07) is 15.3. The van der Waals surface area contributed by atoms with Crippen LogP contribution in [0.2, 0.25) is 5.02 Å². The molecule has 1 N–H and O–H groups in total. The van der Waals surface area contributed by atoms with E-state index in [9.17, 15) is 9.59 Å². The highest BCUT2D eigenvalue weighted by Gasteiger charge is 2.25. The fourth-order valence-corrected chi connectivity index (χ4v) is 3.35. The van der Waals surface area contributed by atoms with Crippen LogP contribution in [0.3, 0.4) is 0 Å². The van der Waals surface area contributed by atoms with Crippen molar-refractivity contribution < 1.29 is 9.59 Å². The number of nitrogens with zero attached hydrogens (tertiary/aromatic N) is 2. The second-order valence-corrected chi connectivity index (χ2v) is 7.26. The van der Waals surface area contributed by atoms with E-state index in [1.807, 2.05) is 25.1 Å². The number of anilines is 1. The molecule has 2 aromatic rings. The van der Waals surface area contributed by atoms with Crippen molar-refractivity contribution in [3.8, 4) is 0 Å². The van der Waals surface area contributed by atoms with Gasteiger partial charge in [0.25, 0.3) is 0 Å². The Morgan fingerprint density at radius 3 is 2.46 bits per heavy atom. The minimum atomic E-state index is -0.608. The smallest absolute Gasteiger partial charge is 0.313 e. The average Bonchev–Trinajstić information content (AvgIpc) is 2.71. The number of nitrogens with one attached hydrogen (secondary N) is 1. The first kappa shape index (κ1) is 20.1. The standard InChI is InChI=1S/C22H24ClN3O2/c1-17-16-19(23)9-10-20(17)24-21(27)22(28)26-14-12-25(13-15-26)11-5-8-18-6-3-2-4-7-18/h2-10,16H,11-15H2,1H3,(H,24,27)/b8-5+. The van der Waals surface area contributed by atoms with Gasteiger partial charge in [0.15, 0.2) is 0 Å². The summed E-state index contributed by atoms with van der Waals surface area (Å²) >= 11 is 5.93. The molecular weight excluding hydrogens is 374 g/mol. The molecule has 2 aromatic carbocycles. The van der Waals surface area contributed by atoms with Crippen molar-refractivity contribution in [3.63, 3.8) is 0 Å². The molecule has 0 aromatic heterocycles. The lowest BCUT2D eigenvalue weighted by Gasteiger charge is -2.33. The number of carbonyl (C=O) groups excluding carboxylic acids is 2. The second kappa shape index (κ2) is 9.53.